The van der Waals surface area contributed by atoms with E-state index >= 15 is 0 Å². The van der Waals surface area contributed by atoms with Crippen LogP contribution in [-0.2, 0) is 4.74 Å². The smallest absolute Gasteiger partial charge is 0.337 e. The van der Waals surface area contributed by atoms with Crippen molar-refractivity contribution in [3.8, 4) is 5.75 Å². The predicted octanol–water partition coefficient (Wildman–Crippen LogP) is 2.22. The van der Waals surface area contributed by atoms with E-state index in [2.05, 4.69) is 27.1 Å². The monoisotopic (exact) mass is 223 g/mol. The average molecular weight is 223 g/mol. The topological polar surface area (TPSA) is 47.9 Å². The number of rotatable bonds is 3. The maximum absolute atomic E-state index is 11.2. The van der Waals surface area contributed by atoms with E-state index in [-0.39, 0.29) is 0 Å². The van der Waals surface area contributed by atoms with Gasteiger partial charge in [0, 0.05) is 0 Å². The molecule has 0 N–H and O–H groups in total. The van der Waals surface area contributed by atoms with Gasteiger partial charge in [-0.25, -0.2) is 4.79 Å². The number of methoxy groups -OCH3 is 2. The van der Waals surface area contributed by atoms with Crippen LogP contribution in [0.3, 0.4) is 0 Å². The van der Waals surface area contributed by atoms with Crippen molar-refractivity contribution in [1.29, 1.82) is 0 Å². The zero-order chi connectivity index (χ0) is 11.3. The molecular formula is C10H9NO3S. The van der Waals surface area contributed by atoms with Crippen LogP contribution in [0.4, 0.5) is 5.69 Å². The number of benzene rings is 1. The Morgan fingerprint density at radius 2 is 2.20 bits per heavy atom. The third kappa shape index (κ3) is 2.62. The largest absolute Gasteiger partial charge is 0.494 e. The van der Waals surface area contributed by atoms with Gasteiger partial charge in [-0.1, -0.05) is 0 Å². The first kappa shape index (κ1) is 11.4. The van der Waals surface area contributed by atoms with E-state index in [1.165, 1.54) is 20.3 Å². The number of esters is 1. The minimum absolute atomic E-state index is 0.401. The van der Waals surface area contributed by atoms with Crippen molar-refractivity contribution < 1.29 is 14.3 Å². The summed E-state index contributed by atoms with van der Waals surface area (Å²) >= 11 is 4.48. The van der Waals surface area contributed by atoms with Crippen LogP contribution in [0.15, 0.2) is 23.2 Å². The van der Waals surface area contributed by atoms with E-state index in [0.717, 1.165) is 0 Å². The molecule has 5 heteroatoms. The summed E-state index contributed by atoms with van der Waals surface area (Å²) in [4.78, 5) is 15.0. The highest BCUT2D eigenvalue weighted by molar-refractivity contribution is 7.78. The zero-order valence-electron chi connectivity index (χ0n) is 8.31. The van der Waals surface area contributed by atoms with Crippen LogP contribution in [0.2, 0.25) is 0 Å². The first-order valence-corrected chi connectivity index (χ1v) is 4.48. The highest BCUT2D eigenvalue weighted by Crippen LogP contribution is 2.28. The predicted molar refractivity (Wildman–Crippen MR) is 59.0 cm³/mol. The summed E-state index contributed by atoms with van der Waals surface area (Å²) in [6.07, 6.45) is 0. The van der Waals surface area contributed by atoms with E-state index < -0.39 is 5.97 Å². The van der Waals surface area contributed by atoms with Gasteiger partial charge in [0.15, 0.2) is 0 Å². The molecule has 0 fully saturated rings. The minimum atomic E-state index is -0.425. The molecule has 0 saturated heterocycles. The van der Waals surface area contributed by atoms with Gasteiger partial charge in [-0.05, 0) is 30.4 Å². The Labute approximate surface area is 92.5 Å². The second-order valence-electron chi connectivity index (χ2n) is 2.58. The maximum atomic E-state index is 11.2. The first-order chi connectivity index (χ1) is 7.22. The quantitative estimate of drug-likeness (QED) is 0.448. The fourth-order valence-electron chi connectivity index (χ4n) is 1.06. The highest BCUT2D eigenvalue weighted by atomic mass is 32.1. The molecule has 0 saturated carbocycles. The molecule has 0 aromatic heterocycles. The fourth-order valence-corrected chi connectivity index (χ4v) is 1.16. The number of hydrogen-bond acceptors (Lipinski definition) is 5. The number of thiocarbonyl (C=S) groups is 1. The Bertz CT molecular complexity index is 425. The van der Waals surface area contributed by atoms with E-state index in [4.69, 9.17) is 4.74 Å². The molecule has 1 aromatic carbocycles. The third-order valence-electron chi connectivity index (χ3n) is 1.77. The average Bonchev–Trinajstić information content (AvgIpc) is 2.29. The van der Waals surface area contributed by atoms with E-state index in [1.54, 1.807) is 12.1 Å². The number of nitrogens with zero attached hydrogens (tertiary/aromatic N) is 1. The number of aliphatic imine (C=N–C) groups is 1. The molecule has 78 valence electrons. The summed E-state index contributed by atoms with van der Waals surface area (Å²) in [5, 5.41) is 2.23. The molecule has 0 heterocycles. The second-order valence-corrected chi connectivity index (χ2v) is 2.76. The lowest BCUT2D eigenvalue weighted by molar-refractivity contribution is 0.0600. The Hall–Kier alpha value is -1.71. The Balaban J connectivity index is 3.18. The van der Waals surface area contributed by atoms with Crippen LogP contribution in [0.5, 0.6) is 5.75 Å². The molecule has 0 bridgehead atoms. The highest BCUT2D eigenvalue weighted by Gasteiger charge is 2.09. The van der Waals surface area contributed by atoms with Gasteiger partial charge in [-0.3, -0.25) is 0 Å². The number of carbonyl (C=O) groups excluding carboxylic acids is 1. The van der Waals surface area contributed by atoms with Gasteiger partial charge < -0.3 is 9.47 Å². The van der Waals surface area contributed by atoms with E-state index in [1.807, 2.05) is 0 Å². The minimum Gasteiger partial charge on any atom is -0.494 e. The van der Waals surface area contributed by atoms with Gasteiger partial charge in [0.05, 0.1) is 24.9 Å². The molecule has 0 aliphatic carbocycles. The second kappa shape index (κ2) is 5.24. The molecule has 0 aliphatic heterocycles. The van der Waals surface area contributed by atoms with E-state index in [9.17, 15) is 4.79 Å². The summed E-state index contributed by atoms with van der Waals surface area (Å²) in [5.74, 6) is 0.0291. The van der Waals surface area contributed by atoms with Crippen molar-refractivity contribution in [2.45, 2.75) is 0 Å². The van der Waals surface area contributed by atoms with Gasteiger partial charge >= 0.3 is 5.97 Å². The first-order valence-electron chi connectivity index (χ1n) is 4.07. The Morgan fingerprint density at radius 1 is 1.47 bits per heavy atom. The van der Waals surface area contributed by atoms with Crippen LogP contribution in [0.1, 0.15) is 10.4 Å². The molecule has 0 atom stereocenters. The van der Waals surface area contributed by atoms with Gasteiger partial charge in [0.25, 0.3) is 0 Å². The van der Waals surface area contributed by atoms with Crippen molar-refractivity contribution in [2.24, 2.45) is 4.99 Å². The summed E-state index contributed by atoms with van der Waals surface area (Å²) in [5.41, 5.74) is 0.929. The molecule has 1 rings (SSSR count). The van der Waals surface area contributed by atoms with Crippen molar-refractivity contribution in [3.63, 3.8) is 0 Å². The standard InChI is InChI=1S/C10H9NO3S/c1-13-9-5-7(10(12)14-2)3-4-8(9)11-6-15/h3-5H,1-2H3. The van der Waals surface area contributed by atoms with Crippen molar-refractivity contribution in [3.05, 3.63) is 23.8 Å². The van der Waals surface area contributed by atoms with Crippen LogP contribution in [-0.4, -0.2) is 25.4 Å². The van der Waals surface area contributed by atoms with Gasteiger partial charge in [0.1, 0.15) is 11.4 Å². The third-order valence-corrected chi connectivity index (χ3v) is 1.86. The lowest BCUT2D eigenvalue weighted by Gasteiger charge is -2.05. The van der Waals surface area contributed by atoms with Crippen LogP contribution < -0.4 is 4.74 Å². The van der Waals surface area contributed by atoms with Crippen molar-refractivity contribution in [1.82, 2.24) is 0 Å². The van der Waals surface area contributed by atoms with Crippen molar-refractivity contribution in [2.75, 3.05) is 14.2 Å². The number of ether oxygens (including phenoxy) is 2. The lowest BCUT2D eigenvalue weighted by atomic mass is 10.2. The number of isothiocyanates is 1. The number of hydrogen-bond donors (Lipinski definition) is 0. The molecule has 15 heavy (non-hydrogen) atoms. The number of carbonyl (C=O) groups is 1. The molecular weight excluding hydrogens is 214 g/mol. The molecule has 4 nitrogen and oxygen atoms in total. The Kier molecular flexibility index (Phi) is 3.97. The normalized spacial score (nSPS) is 8.93. The maximum Gasteiger partial charge on any atom is 0.337 e. The van der Waals surface area contributed by atoms with Gasteiger partial charge in [-0.15, -0.1) is 0 Å². The SMILES string of the molecule is COC(=O)c1ccc(N=C=S)c(OC)c1. The van der Waals surface area contributed by atoms with Gasteiger partial charge in [0.2, 0.25) is 0 Å². The summed E-state index contributed by atoms with van der Waals surface area (Å²) < 4.78 is 9.62. The van der Waals surface area contributed by atoms with E-state index in [0.29, 0.717) is 17.0 Å². The summed E-state index contributed by atoms with van der Waals surface area (Å²) in [7, 11) is 2.80. The van der Waals surface area contributed by atoms with Crippen LogP contribution in [0, 0.1) is 0 Å². The molecule has 0 radical (unpaired) electrons. The summed E-state index contributed by atoms with van der Waals surface area (Å²) in [6, 6.07) is 4.74. The Morgan fingerprint density at radius 3 is 2.73 bits per heavy atom. The van der Waals surface area contributed by atoms with Crippen molar-refractivity contribution >= 4 is 29.0 Å². The fraction of sp³-hybridized carbons (Fsp3) is 0.200. The molecule has 1 aromatic rings. The van der Waals surface area contributed by atoms with Gasteiger partial charge in [-0.2, -0.15) is 4.99 Å². The molecule has 0 unspecified atom stereocenters. The molecule has 0 aliphatic rings. The molecule has 0 amide bonds. The van der Waals surface area contributed by atoms with Crippen LogP contribution >= 0.6 is 12.2 Å². The lowest BCUT2D eigenvalue weighted by Crippen LogP contribution is -2.01. The van der Waals surface area contributed by atoms with Crippen LogP contribution in [0.25, 0.3) is 0 Å². The summed E-state index contributed by atoms with van der Waals surface area (Å²) in [6.45, 7) is 0. The molecule has 0 spiro atoms. The zero-order valence-corrected chi connectivity index (χ0v) is 9.13.